The van der Waals surface area contributed by atoms with Crippen molar-refractivity contribution < 1.29 is 23.0 Å². The van der Waals surface area contributed by atoms with Gasteiger partial charge >= 0.3 is 0 Å². The number of rotatable bonds is 21. The molecule has 0 amide bonds. The smallest absolute Gasteiger partial charge is 0.153 e. The molecule has 5 nitrogen and oxygen atoms in total. The molecule has 0 aromatic heterocycles. The van der Waals surface area contributed by atoms with Crippen LogP contribution in [0.2, 0.25) is 0 Å². The largest absolute Gasteiger partial charge is 0.396 e. The first-order valence-electron chi connectivity index (χ1n) is 13.0. The molecule has 186 valence electrons. The quantitative estimate of drug-likeness (QED) is 0.222. The summed E-state index contributed by atoms with van der Waals surface area (Å²) in [7, 11) is -1.67. The monoisotopic (exact) mass is 462 g/mol. The molecule has 31 heavy (non-hydrogen) atoms. The number of methoxy groups -OCH3 is 1. The molecular weight excluding hydrogens is 412 g/mol. The fourth-order valence-electron chi connectivity index (χ4n) is 4.58. The molecule has 0 spiro atoms. The van der Waals surface area contributed by atoms with E-state index in [-0.39, 0.29) is 24.5 Å². The molecule has 1 rings (SSSR count). The summed E-state index contributed by atoms with van der Waals surface area (Å²) in [5.41, 5.74) is 0. The van der Waals surface area contributed by atoms with Gasteiger partial charge in [0.2, 0.25) is 0 Å². The molecule has 0 aliphatic heterocycles. The van der Waals surface area contributed by atoms with E-state index in [2.05, 4.69) is 0 Å². The molecule has 1 fully saturated rings. The number of aliphatic hydroxyl groups is 1. The minimum absolute atomic E-state index is 0.00380. The Hall–Kier alpha value is -0.170. The number of ether oxygens (including phenoxy) is 2. The molecule has 0 heterocycles. The van der Waals surface area contributed by atoms with E-state index in [1.807, 2.05) is 0 Å². The van der Waals surface area contributed by atoms with E-state index in [4.69, 9.17) is 14.6 Å². The fraction of sp³-hybridized carbons (Fsp3) is 1.00. The first-order valence-corrected chi connectivity index (χ1v) is 14.8. The highest BCUT2D eigenvalue weighted by Gasteiger charge is 2.19. The van der Waals surface area contributed by atoms with Gasteiger partial charge in [0, 0.05) is 20.3 Å². The van der Waals surface area contributed by atoms with Gasteiger partial charge < -0.3 is 14.6 Å². The number of hydrogen-bond acceptors (Lipinski definition) is 5. The zero-order valence-corrected chi connectivity index (χ0v) is 21.0. The lowest BCUT2D eigenvalue weighted by Crippen LogP contribution is -2.29. The molecule has 0 aromatic carbocycles. The molecule has 1 atom stereocenters. The van der Waals surface area contributed by atoms with Crippen molar-refractivity contribution in [2.75, 3.05) is 38.4 Å². The Morgan fingerprint density at radius 3 is 2.00 bits per heavy atom. The van der Waals surface area contributed by atoms with E-state index >= 15 is 0 Å². The second-order valence-electron chi connectivity index (χ2n) is 9.45. The zero-order valence-electron chi connectivity index (χ0n) is 20.2. The van der Waals surface area contributed by atoms with Gasteiger partial charge in [-0.05, 0) is 18.8 Å². The predicted octanol–water partition coefficient (Wildman–Crippen LogP) is 5.69. The Labute approximate surface area is 192 Å². The van der Waals surface area contributed by atoms with Crippen LogP contribution in [0, 0.1) is 5.92 Å². The summed E-state index contributed by atoms with van der Waals surface area (Å²) in [5, 5.41) is 8.78. The van der Waals surface area contributed by atoms with E-state index in [1.54, 1.807) is 0 Å². The first kappa shape index (κ1) is 28.9. The van der Waals surface area contributed by atoms with Gasteiger partial charge in [-0.1, -0.05) is 96.3 Å². The molecular formula is C25H50O5S. The van der Waals surface area contributed by atoms with E-state index in [0.29, 0.717) is 13.2 Å². The lowest BCUT2D eigenvalue weighted by atomic mass is 9.85. The highest BCUT2D eigenvalue weighted by Crippen LogP contribution is 2.28. The Kier molecular flexibility index (Phi) is 18.0. The fourth-order valence-corrected chi connectivity index (χ4v) is 6.11. The third-order valence-electron chi connectivity index (χ3n) is 6.57. The molecule has 0 saturated heterocycles. The highest BCUT2D eigenvalue weighted by atomic mass is 32.2. The minimum Gasteiger partial charge on any atom is -0.396 e. The zero-order chi connectivity index (χ0) is 22.6. The minimum atomic E-state index is -3.19. The molecule has 1 aliphatic rings. The predicted molar refractivity (Wildman–Crippen MR) is 129 cm³/mol. The van der Waals surface area contributed by atoms with Gasteiger partial charge in [-0.25, -0.2) is 8.42 Å². The Bertz CT molecular complexity index is 488. The van der Waals surface area contributed by atoms with Crippen LogP contribution in [0.1, 0.15) is 109 Å². The van der Waals surface area contributed by atoms with Gasteiger partial charge in [-0.15, -0.1) is 0 Å². The van der Waals surface area contributed by atoms with Crippen LogP contribution in [-0.2, 0) is 19.3 Å². The maximum absolute atomic E-state index is 11.9. The lowest BCUT2D eigenvalue weighted by molar-refractivity contribution is 0.0190. The van der Waals surface area contributed by atoms with Crippen LogP contribution in [0.4, 0.5) is 0 Å². The van der Waals surface area contributed by atoms with E-state index in [1.165, 1.54) is 103 Å². The van der Waals surface area contributed by atoms with Gasteiger partial charge in [-0.3, -0.25) is 0 Å². The van der Waals surface area contributed by atoms with Crippen molar-refractivity contribution in [3.05, 3.63) is 0 Å². The summed E-state index contributed by atoms with van der Waals surface area (Å²) < 4.78 is 34.7. The maximum Gasteiger partial charge on any atom is 0.153 e. The molecule has 0 aromatic rings. The maximum atomic E-state index is 11.9. The topological polar surface area (TPSA) is 72.8 Å². The average Bonchev–Trinajstić information content (AvgIpc) is 2.77. The van der Waals surface area contributed by atoms with Gasteiger partial charge in [-0.2, -0.15) is 0 Å². The van der Waals surface area contributed by atoms with Crippen molar-refractivity contribution in [2.45, 2.75) is 115 Å². The van der Waals surface area contributed by atoms with Crippen molar-refractivity contribution in [3.63, 3.8) is 0 Å². The first-order chi connectivity index (χ1) is 15.1. The number of hydrogen-bond donors (Lipinski definition) is 1. The van der Waals surface area contributed by atoms with E-state index < -0.39 is 15.9 Å². The standard InChI is InChI=1S/C25H50O5S/c1-29-25(23-31(27,28)21-15-19-26)22-30-20-14-9-7-5-3-2-4-6-8-11-16-24-17-12-10-13-18-24/h24-26H,2-23H2,1H3. The van der Waals surface area contributed by atoms with Crippen LogP contribution >= 0.6 is 0 Å². The van der Waals surface area contributed by atoms with Crippen molar-refractivity contribution in [1.82, 2.24) is 0 Å². The van der Waals surface area contributed by atoms with Crippen LogP contribution in [0.15, 0.2) is 0 Å². The van der Waals surface area contributed by atoms with E-state index in [9.17, 15) is 8.42 Å². The van der Waals surface area contributed by atoms with Crippen LogP contribution in [0.3, 0.4) is 0 Å². The van der Waals surface area contributed by atoms with E-state index in [0.717, 1.165) is 12.3 Å². The number of aliphatic hydroxyl groups excluding tert-OH is 1. The van der Waals surface area contributed by atoms with Crippen LogP contribution in [0.5, 0.6) is 0 Å². The molecule has 0 radical (unpaired) electrons. The molecule has 6 heteroatoms. The summed E-state index contributed by atoms with van der Waals surface area (Å²) in [5.74, 6) is 1.01. The molecule has 1 N–H and O–H groups in total. The molecule has 1 saturated carbocycles. The Morgan fingerprint density at radius 1 is 0.839 bits per heavy atom. The van der Waals surface area contributed by atoms with Gasteiger partial charge in [0.05, 0.1) is 24.2 Å². The number of sulfone groups is 1. The lowest BCUT2D eigenvalue weighted by Gasteiger charge is -2.21. The summed E-state index contributed by atoms with van der Waals surface area (Å²) in [6.45, 7) is 0.876. The summed E-state index contributed by atoms with van der Waals surface area (Å²) in [4.78, 5) is 0. The van der Waals surface area contributed by atoms with Crippen molar-refractivity contribution in [2.24, 2.45) is 5.92 Å². The number of unbranched alkanes of at least 4 members (excludes halogenated alkanes) is 9. The summed E-state index contributed by atoms with van der Waals surface area (Å²) in [6.07, 6.45) is 21.9. The second-order valence-corrected chi connectivity index (χ2v) is 11.7. The third-order valence-corrected chi connectivity index (χ3v) is 8.36. The Balaban J connectivity index is 1.84. The average molecular weight is 463 g/mol. The van der Waals surface area contributed by atoms with Crippen molar-refractivity contribution in [3.8, 4) is 0 Å². The normalized spacial score (nSPS) is 16.6. The molecule has 0 bridgehead atoms. The van der Waals surface area contributed by atoms with Gasteiger partial charge in [0.25, 0.3) is 0 Å². The van der Waals surface area contributed by atoms with Crippen LogP contribution in [-0.4, -0.2) is 58.1 Å². The summed E-state index contributed by atoms with van der Waals surface area (Å²) >= 11 is 0. The molecule has 1 aliphatic carbocycles. The van der Waals surface area contributed by atoms with Crippen molar-refractivity contribution >= 4 is 9.84 Å². The highest BCUT2D eigenvalue weighted by molar-refractivity contribution is 7.91. The molecule has 1 unspecified atom stereocenters. The van der Waals surface area contributed by atoms with Crippen LogP contribution < -0.4 is 0 Å². The second kappa shape index (κ2) is 19.3. The van der Waals surface area contributed by atoms with Gasteiger partial charge in [0.1, 0.15) is 0 Å². The Morgan fingerprint density at radius 2 is 1.42 bits per heavy atom. The third kappa shape index (κ3) is 17.0. The SMILES string of the molecule is COC(COCCCCCCCCCCCCC1CCCCC1)CS(=O)(=O)CCCO. The van der Waals surface area contributed by atoms with Crippen LogP contribution in [0.25, 0.3) is 0 Å². The van der Waals surface area contributed by atoms with Gasteiger partial charge in [0.15, 0.2) is 9.84 Å². The van der Waals surface area contributed by atoms with Crippen molar-refractivity contribution in [1.29, 1.82) is 0 Å². The summed E-state index contributed by atoms with van der Waals surface area (Å²) in [6, 6.07) is 0.